The molecule has 29 heavy (non-hydrogen) atoms. The van der Waals surface area contributed by atoms with Crippen LogP contribution in [0.1, 0.15) is 12.0 Å². The van der Waals surface area contributed by atoms with E-state index in [9.17, 15) is 0 Å². The molecule has 4 aromatic carbocycles. The maximum Gasteiger partial charge on any atom is -0.0771 e. The Labute approximate surface area is 201 Å². The Hall–Kier alpha value is -1.66. The summed E-state index contributed by atoms with van der Waals surface area (Å²) in [6, 6.07) is 29.6. The molecule has 1 aliphatic carbocycles. The van der Waals surface area contributed by atoms with Crippen molar-refractivity contribution >= 4 is 50.1 Å². The number of benzene rings is 3. The molecule has 0 spiro atoms. The summed E-state index contributed by atoms with van der Waals surface area (Å²) in [7, 11) is 0. The number of fused-ring (bicyclic) bond motifs is 3. The van der Waals surface area contributed by atoms with Crippen LogP contribution in [0.3, 0.4) is 0 Å². The monoisotopic (exact) mass is 497 g/mol. The second kappa shape index (κ2) is 15.2. The van der Waals surface area contributed by atoms with Crippen LogP contribution in [0.4, 0.5) is 0 Å². The van der Waals surface area contributed by atoms with E-state index >= 15 is 0 Å². The van der Waals surface area contributed by atoms with E-state index in [1.165, 1.54) is 51.3 Å². The number of halogens is 2. The van der Waals surface area contributed by atoms with Crippen molar-refractivity contribution in [2.24, 2.45) is 0 Å². The Kier molecular flexibility index (Phi) is 14.3. The zero-order valence-corrected chi connectivity index (χ0v) is 20.5. The minimum absolute atomic E-state index is 0. The second-order valence-electron chi connectivity index (χ2n) is 5.88. The van der Waals surface area contributed by atoms with Crippen LogP contribution in [-0.4, -0.2) is 3.71 Å². The molecule has 4 aromatic rings. The van der Waals surface area contributed by atoms with Gasteiger partial charge in [0.2, 0.25) is 0 Å². The van der Waals surface area contributed by atoms with E-state index in [2.05, 4.69) is 94.7 Å². The van der Waals surface area contributed by atoms with Crippen LogP contribution in [0, 0.1) is 13.5 Å². The van der Waals surface area contributed by atoms with Gasteiger partial charge in [0.05, 0.1) is 0 Å². The summed E-state index contributed by atoms with van der Waals surface area (Å²) in [6.07, 6.45) is 10.0. The topological polar surface area (TPSA) is 0 Å². The molecule has 3 heteroatoms. The minimum Gasteiger partial charge on any atom is -0.126 e. The summed E-state index contributed by atoms with van der Waals surface area (Å²) >= 11 is 1.46. The van der Waals surface area contributed by atoms with E-state index in [0.717, 1.165) is 6.42 Å². The molecule has 0 fully saturated rings. The third-order valence-corrected chi connectivity index (χ3v) is 4.89. The third-order valence-electron chi connectivity index (χ3n) is 4.07. The molecule has 0 heterocycles. The Morgan fingerprint density at radius 1 is 0.759 bits per heavy atom. The van der Waals surface area contributed by atoms with Gasteiger partial charge in [0.15, 0.2) is 0 Å². The van der Waals surface area contributed by atoms with Crippen LogP contribution >= 0.6 is 24.8 Å². The normalized spacial score (nSPS) is 10.3. The maximum atomic E-state index is 2.99. The van der Waals surface area contributed by atoms with Crippen molar-refractivity contribution in [2.45, 2.75) is 6.42 Å². The fourth-order valence-corrected chi connectivity index (χ4v) is 3.27. The van der Waals surface area contributed by atoms with Crippen molar-refractivity contribution in [1.82, 2.24) is 0 Å². The second-order valence-corrected chi connectivity index (χ2v) is 6.59. The maximum absolute atomic E-state index is 2.99. The molecule has 0 radical (unpaired) electrons. The first kappa shape index (κ1) is 27.3. The van der Waals surface area contributed by atoms with Crippen LogP contribution in [0.5, 0.6) is 0 Å². The van der Waals surface area contributed by atoms with Crippen LogP contribution < -0.4 is 0 Å². The minimum atomic E-state index is 0. The fraction of sp³-hybridized carbons (Fsp3) is 0.0385. The van der Waals surface area contributed by atoms with Crippen LogP contribution in [0.15, 0.2) is 103 Å². The zero-order chi connectivity index (χ0) is 18.0. The molecular formula is C26H25Cl2Zr-3. The Balaban J connectivity index is 0.000000427. The van der Waals surface area contributed by atoms with Crippen LogP contribution in [-0.2, 0) is 24.2 Å². The van der Waals surface area contributed by atoms with Crippen molar-refractivity contribution in [2.75, 3.05) is 0 Å². The van der Waals surface area contributed by atoms with Crippen molar-refractivity contribution in [1.29, 1.82) is 0 Å². The largest absolute Gasteiger partial charge is 0.126 e. The summed E-state index contributed by atoms with van der Waals surface area (Å²) in [5.74, 6) is 0. The summed E-state index contributed by atoms with van der Waals surface area (Å²) in [4.78, 5) is 0. The predicted octanol–water partition coefficient (Wildman–Crippen LogP) is 7.70. The van der Waals surface area contributed by atoms with Crippen molar-refractivity contribution in [3.8, 4) is 0 Å². The molecule has 1 aliphatic rings. The fourth-order valence-electron chi connectivity index (χ4n) is 2.79. The van der Waals surface area contributed by atoms with Gasteiger partial charge in [-0.05, 0) is 0 Å². The quantitative estimate of drug-likeness (QED) is 0.236. The zero-order valence-electron chi connectivity index (χ0n) is 16.4. The van der Waals surface area contributed by atoms with E-state index in [4.69, 9.17) is 0 Å². The molecule has 0 N–H and O–H groups in total. The third kappa shape index (κ3) is 8.31. The van der Waals surface area contributed by atoms with Gasteiger partial charge in [0.1, 0.15) is 0 Å². The van der Waals surface area contributed by atoms with Gasteiger partial charge in [-0.2, -0.15) is 6.08 Å². The van der Waals surface area contributed by atoms with Gasteiger partial charge in [-0.25, -0.2) is 12.2 Å². The number of rotatable bonds is 1. The standard InChI is InChI=1S/C13H9.C7H6.C5H5.CH3.2ClH.Zr/c1-3-7-12-10(5-1)9-11-6-2-4-8-13(11)12;1-7-5-3-2-4-6-7;1-2-4-5-3-1;;;;/h1-9H;1-6H;1-3H,4H2;1H3;2*1H;/q-1;;2*-1;;;. The van der Waals surface area contributed by atoms with Gasteiger partial charge in [-0.1, -0.05) is 36.4 Å². The van der Waals surface area contributed by atoms with E-state index < -0.39 is 0 Å². The van der Waals surface area contributed by atoms with E-state index in [1.807, 2.05) is 18.2 Å². The molecule has 0 aliphatic heterocycles. The van der Waals surface area contributed by atoms with Gasteiger partial charge in [0.25, 0.3) is 0 Å². The molecule has 150 valence electrons. The summed E-state index contributed by atoms with van der Waals surface area (Å²) in [5.41, 5.74) is 1.32. The molecule has 0 saturated heterocycles. The van der Waals surface area contributed by atoms with Crippen molar-refractivity contribution in [3.05, 3.63) is 122 Å². The predicted molar refractivity (Wildman–Crippen MR) is 131 cm³/mol. The first-order valence-electron chi connectivity index (χ1n) is 8.69. The molecule has 0 unspecified atom stereocenters. The summed E-state index contributed by atoms with van der Waals surface area (Å²) < 4.78 is 2.17. The SMILES string of the molecule is Cl.Cl.[C-]1=CC=CC1.[CH3-].[Zr]=[CH]c1ccccc1.c1ccc2c(c1)[cH-]c1ccccc12. The first-order chi connectivity index (χ1) is 12.9. The smallest absolute Gasteiger partial charge is 0.0771 e. The van der Waals surface area contributed by atoms with Gasteiger partial charge in [-0.15, -0.1) is 71.0 Å². The number of hydrogen-bond donors (Lipinski definition) is 0. The molecule has 0 amide bonds. The van der Waals surface area contributed by atoms with E-state index in [-0.39, 0.29) is 32.2 Å². The summed E-state index contributed by atoms with van der Waals surface area (Å²) in [6.45, 7) is 0. The van der Waals surface area contributed by atoms with Crippen LogP contribution in [0.25, 0.3) is 21.5 Å². The van der Waals surface area contributed by atoms with Gasteiger partial charge >= 0.3 is 63.8 Å². The Bertz CT molecular complexity index is 970. The average Bonchev–Trinajstić information content (AvgIpc) is 3.40. The van der Waals surface area contributed by atoms with Crippen molar-refractivity contribution < 1.29 is 24.2 Å². The van der Waals surface area contributed by atoms with Crippen molar-refractivity contribution in [3.63, 3.8) is 0 Å². The Morgan fingerprint density at radius 2 is 1.28 bits per heavy atom. The van der Waals surface area contributed by atoms with E-state index in [0.29, 0.717) is 0 Å². The number of hydrogen-bond acceptors (Lipinski definition) is 0. The first-order valence-corrected chi connectivity index (χ1v) is 10.1. The van der Waals surface area contributed by atoms with Gasteiger partial charge in [0, 0.05) is 0 Å². The summed E-state index contributed by atoms with van der Waals surface area (Å²) in [5, 5.41) is 5.39. The Morgan fingerprint density at radius 3 is 1.66 bits per heavy atom. The van der Waals surface area contributed by atoms with Crippen LogP contribution in [0.2, 0.25) is 0 Å². The molecule has 5 rings (SSSR count). The van der Waals surface area contributed by atoms with Gasteiger partial charge in [-0.3, -0.25) is 6.08 Å². The molecule has 0 aromatic heterocycles. The molecule has 0 atom stereocenters. The molecular weight excluding hydrogens is 474 g/mol. The molecule has 0 nitrogen and oxygen atoms in total. The van der Waals surface area contributed by atoms with E-state index in [1.54, 1.807) is 0 Å². The average molecular weight is 500 g/mol. The molecule has 0 saturated carbocycles. The van der Waals surface area contributed by atoms with Gasteiger partial charge < -0.3 is 7.43 Å². The molecule has 0 bridgehead atoms. The number of allylic oxidation sites excluding steroid dienone is 4.